The van der Waals surface area contributed by atoms with Gasteiger partial charge in [0.05, 0.1) is 12.7 Å². The quantitative estimate of drug-likeness (QED) is 0.741. The number of hydrogen-bond acceptors (Lipinski definition) is 4. The zero-order chi connectivity index (χ0) is 15.1. The molecule has 0 amide bonds. The van der Waals surface area contributed by atoms with Crippen molar-refractivity contribution >= 4 is 10.0 Å². The molecule has 0 saturated carbocycles. The second-order valence-corrected chi connectivity index (χ2v) is 6.63. The van der Waals surface area contributed by atoms with Gasteiger partial charge in [-0.1, -0.05) is 12.1 Å². The van der Waals surface area contributed by atoms with Gasteiger partial charge in [-0.05, 0) is 31.4 Å². The molecule has 21 heavy (non-hydrogen) atoms. The molecule has 118 valence electrons. The number of hydrogen-bond donors (Lipinski definition) is 1. The number of halogens is 1. The molecule has 7 heteroatoms. The molecular formula is C14H20FNO4S. The van der Waals surface area contributed by atoms with Crippen LogP contribution in [-0.4, -0.2) is 40.9 Å². The summed E-state index contributed by atoms with van der Waals surface area (Å²) in [6, 6.07) is 5.31. The van der Waals surface area contributed by atoms with Gasteiger partial charge in [0, 0.05) is 19.8 Å². The maximum atomic E-state index is 13.4. The first-order chi connectivity index (χ1) is 10.1. The minimum atomic E-state index is -3.80. The Balaban J connectivity index is 1.67. The van der Waals surface area contributed by atoms with Gasteiger partial charge in [0.1, 0.15) is 10.7 Å². The van der Waals surface area contributed by atoms with E-state index in [4.69, 9.17) is 9.47 Å². The molecule has 0 aliphatic carbocycles. The molecule has 1 saturated heterocycles. The van der Waals surface area contributed by atoms with Crippen LogP contribution in [0.5, 0.6) is 0 Å². The maximum Gasteiger partial charge on any atom is 0.243 e. The summed E-state index contributed by atoms with van der Waals surface area (Å²) in [5.41, 5.74) is 0. The van der Waals surface area contributed by atoms with Crippen molar-refractivity contribution in [1.82, 2.24) is 4.72 Å². The lowest BCUT2D eigenvalue weighted by Gasteiger charge is -2.10. The van der Waals surface area contributed by atoms with Crippen LogP contribution in [0.15, 0.2) is 29.2 Å². The van der Waals surface area contributed by atoms with Gasteiger partial charge in [-0.2, -0.15) is 0 Å². The first-order valence-electron chi connectivity index (χ1n) is 7.03. The topological polar surface area (TPSA) is 64.6 Å². The Morgan fingerprint density at radius 3 is 2.90 bits per heavy atom. The van der Waals surface area contributed by atoms with E-state index < -0.39 is 15.8 Å². The van der Waals surface area contributed by atoms with E-state index in [2.05, 4.69) is 4.72 Å². The highest BCUT2D eigenvalue weighted by Crippen LogP contribution is 2.13. The Hall–Kier alpha value is -1.02. The number of ether oxygens (including phenoxy) is 2. The molecule has 1 N–H and O–H groups in total. The van der Waals surface area contributed by atoms with Crippen LogP contribution in [0.4, 0.5) is 4.39 Å². The van der Waals surface area contributed by atoms with Gasteiger partial charge in [0.2, 0.25) is 10.0 Å². The van der Waals surface area contributed by atoms with Crippen LogP contribution >= 0.6 is 0 Å². The van der Waals surface area contributed by atoms with Crippen molar-refractivity contribution in [2.75, 3.05) is 26.4 Å². The molecule has 1 aromatic rings. The van der Waals surface area contributed by atoms with Crippen molar-refractivity contribution < 1.29 is 22.3 Å². The van der Waals surface area contributed by atoms with Gasteiger partial charge in [0.25, 0.3) is 0 Å². The molecule has 0 spiro atoms. The first-order valence-corrected chi connectivity index (χ1v) is 8.51. The van der Waals surface area contributed by atoms with Gasteiger partial charge in [-0.15, -0.1) is 0 Å². The third-order valence-electron chi connectivity index (χ3n) is 3.21. The molecule has 0 bridgehead atoms. The highest BCUT2D eigenvalue weighted by molar-refractivity contribution is 7.89. The molecule has 1 fully saturated rings. The van der Waals surface area contributed by atoms with E-state index in [-0.39, 0.29) is 17.5 Å². The Labute approximate surface area is 124 Å². The van der Waals surface area contributed by atoms with E-state index >= 15 is 0 Å². The minimum Gasteiger partial charge on any atom is -0.379 e. The lowest BCUT2D eigenvalue weighted by atomic mass is 10.2. The average Bonchev–Trinajstić information content (AvgIpc) is 2.96. The Kier molecular flexibility index (Phi) is 6.10. The molecule has 1 aliphatic rings. The van der Waals surface area contributed by atoms with Gasteiger partial charge < -0.3 is 9.47 Å². The zero-order valence-electron chi connectivity index (χ0n) is 11.8. The molecule has 1 atom stereocenters. The summed E-state index contributed by atoms with van der Waals surface area (Å²) in [5, 5.41) is 0. The fourth-order valence-electron chi connectivity index (χ4n) is 2.11. The number of benzene rings is 1. The summed E-state index contributed by atoms with van der Waals surface area (Å²) >= 11 is 0. The Bertz CT molecular complexity index is 544. The molecule has 2 rings (SSSR count). The standard InChI is InChI=1S/C14H20FNO4S/c15-13-6-1-2-7-14(13)21(17,18)16-8-4-9-19-11-12-5-3-10-20-12/h1-2,6-7,12,16H,3-5,8-11H2. The smallest absolute Gasteiger partial charge is 0.243 e. The van der Waals surface area contributed by atoms with Crippen LogP contribution in [0.2, 0.25) is 0 Å². The van der Waals surface area contributed by atoms with Crippen molar-refractivity contribution in [3.8, 4) is 0 Å². The number of rotatable bonds is 8. The van der Waals surface area contributed by atoms with E-state index in [1.54, 1.807) is 0 Å². The molecular weight excluding hydrogens is 297 g/mol. The summed E-state index contributed by atoms with van der Waals surface area (Å²) in [7, 11) is -3.80. The van der Waals surface area contributed by atoms with E-state index in [0.29, 0.717) is 19.6 Å². The second-order valence-electron chi connectivity index (χ2n) is 4.89. The SMILES string of the molecule is O=S(=O)(NCCCOCC1CCCO1)c1ccccc1F. The maximum absolute atomic E-state index is 13.4. The van der Waals surface area contributed by atoms with Crippen molar-refractivity contribution in [2.24, 2.45) is 0 Å². The van der Waals surface area contributed by atoms with E-state index in [1.165, 1.54) is 18.2 Å². The molecule has 1 heterocycles. The number of nitrogens with one attached hydrogen (secondary N) is 1. The summed E-state index contributed by atoms with van der Waals surface area (Å²) in [6.07, 6.45) is 2.77. The lowest BCUT2D eigenvalue weighted by Crippen LogP contribution is -2.26. The minimum absolute atomic E-state index is 0.167. The average molecular weight is 317 g/mol. The predicted octanol–water partition coefficient (Wildman–Crippen LogP) is 1.69. The van der Waals surface area contributed by atoms with E-state index in [1.807, 2.05) is 0 Å². The van der Waals surface area contributed by atoms with Crippen molar-refractivity contribution in [3.05, 3.63) is 30.1 Å². The molecule has 1 aromatic carbocycles. The monoisotopic (exact) mass is 317 g/mol. The summed E-state index contributed by atoms with van der Waals surface area (Å²) in [5.74, 6) is -0.750. The zero-order valence-corrected chi connectivity index (χ0v) is 12.6. The second kappa shape index (κ2) is 7.84. The van der Waals surface area contributed by atoms with Crippen molar-refractivity contribution in [1.29, 1.82) is 0 Å². The Morgan fingerprint density at radius 1 is 1.38 bits per heavy atom. The van der Waals surface area contributed by atoms with Gasteiger partial charge in [0.15, 0.2) is 0 Å². The van der Waals surface area contributed by atoms with E-state index in [9.17, 15) is 12.8 Å². The summed E-state index contributed by atoms with van der Waals surface area (Å²) < 4.78 is 50.4. The normalized spacial score (nSPS) is 19.0. The van der Waals surface area contributed by atoms with Gasteiger partial charge >= 0.3 is 0 Å². The highest BCUT2D eigenvalue weighted by Gasteiger charge is 2.18. The van der Waals surface area contributed by atoms with Gasteiger partial charge in [-0.3, -0.25) is 0 Å². The fraction of sp³-hybridized carbons (Fsp3) is 0.571. The Morgan fingerprint density at radius 2 is 2.19 bits per heavy atom. The van der Waals surface area contributed by atoms with Crippen molar-refractivity contribution in [3.63, 3.8) is 0 Å². The molecule has 0 radical (unpaired) electrons. The first kappa shape index (κ1) is 16.4. The predicted molar refractivity (Wildman–Crippen MR) is 76.0 cm³/mol. The van der Waals surface area contributed by atoms with Crippen LogP contribution in [0.25, 0.3) is 0 Å². The van der Waals surface area contributed by atoms with Crippen LogP contribution in [0, 0.1) is 5.82 Å². The molecule has 0 aromatic heterocycles. The fourth-order valence-corrected chi connectivity index (χ4v) is 3.26. The molecule has 1 aliphatic heterocycles. The largest absolute Gasteiger partial charge is 0.379 e. The van der Waals surface area contributed by atoms with E-state index in [0.717, 1.165) is 25.5 Å². The number of sulfonamides is 1. The van der Waals surface area contributed by atoms with Crippen molar-refractivity contribution in [2.45, 2.75) is 30.3 Å². The van der Waals surface area contributed by atoms with Crippen LogP contribution in [0.1, 0.15) is 19.3 Å². The van der Waals surface area contributed by atoms with Crippen LogP contribution in [-0.2, 0) is 19.5 Å². The molecule has 1 unspecified atom stereocenters. The van der Waals surface area contributed by atoms with Gasteiger partial charge in [-0.25, -0.2) is 17.5 Å². The summed E-state index contributed by atoms with van der Waals surface area (Å²) in [4.78, 5) is -0.328. The van der Waals surface area contributed by atoms with Crippen LogP contribution < -0.4 is 4.72 Å². The third kappa shape index (κ3) is 5.03. The highest BCUT2D eigenvalue weighted by atomic mass is 32.2. The third-order valence-corrected chi connectivity index (χ3v) is 4.71. The summed E-state index contributed by atoms with van der Waals surface area (Å²) in [6.45, 7) is 1.98. The van der Waals surface area contributed by atoms with Crippen LogP contribution in [0.3, 0.4) is 0 Å². The lowest BCUT2D eigenvalue weighted by molar-refractivity contribution is 0.0169. The molecule has 5 nitrogen and oxygen atoms in total.